The van der Waals surface area contributed by atoms with E-state index in [9.17, 15) is 18.0 Å². The fourth-order valence-electron chi connectivity index (χ4n) is 2.05. The van der Waals surface area contributed by atoms with Gasteiger partial charge in [-0.3, -0.25) is 9.59 Å². The van der Waals surface area contributed by atoms with Crippen molar-refractivity contribution in [1.82, 2.24) is 10.6 Å². The fourth-order valence-corrected chi connectivity index (χ4v) is 3.50. The molecule has 7 nitrogen and oxygen atoms in total. The molecule has 0 bridgehead atoms. The molecule has 116 valence electrons. The van der Waals surface area contributed by atoms with E-state index in [0.29, 0.717) is 19.5 Å². The molecule has 1 amide bonds. The summed E-state index contributed by atoms with van der Waals surface area (Å²) in [5.74, 6) is -0.855. The average Bonchev–Trinajstić information content (AvgIpc) is 2.32. The number of amides is 1. The first-order valence-corrected chi connectivity index (χ1v) is 8.53. The van der Waals surface area contributed by atoms with Crippen LogP contribution >= 0.6 is 0 Å². The molecular formula is C12H22N2O5S. The zero-order chi connectivity index (χ0) is 15.2. The number of sulfone groups is 1. The van der Waals surface area contributed by atoms with Crippen LogP contribution in [0.25, 0.3) is 0 Å². The Morgan fingerprint density at radius 2 is 2.15 bits per heavy atom. The van der Waals surface area contributed by atoms with Crippen LogP contribution in [0.15, 0.2) is 0 Å². The maximum atomic E-state index is 11.7. The second kappa shape index (κ2) is 7.58. The number of aliphatic carboxylic acids is 1. The van der Waals surface area contributed by atoms with E-state index < -0.39 is 15.8 Å². The van der Waals surface area contributed by atoms with Crippen molar-refractivity contribution >= 4 is 21.7 Å². The summed E-state index contributed by atoms with van der Waals surface area (Å²) in [5.41, 5.74) is 0. The SMILES string of the molecule is CC(CCC(=O)O)CNC(=O)CC1CS(=O)(=O)CCN1. The number of nitrogens with one attached hydrogen (secondary N) is 2. The second-order valence-electron chi connectivity index (χ2n) is 5.31. The van der Waals surface area contributed by atoms with Crippen LogP contribution in [-0.2, 0) is 19.4 Å². The van der Waals surface area contributed by atoms with Crippen molar-refractivity contribution in [1.29, 1.82) is 0 Å². The summed E-state index contributed by atoms with van der Waals surface area (Å²) < 4.78 is 22.9. The Hall–Kier alpha value is -1.15. The van der Waals surface area contributed by atoms with Crippen LogP contribution in [0, 0.1) is 5.92 Å². The monoisotopic (exact) mass is 306 g/mol. The summed E-state index contributed by atoms with van der Waals surface area (Å²) >= 11 is 0. The van der Waals surface area contributed by atoms with Gasteiger partial charge in [0.25, 0.3) is 0 Å². The van der Waals surface area contributed by atoms with Gasteiger partial charge >= 0.3 is 5.97 Å². The summed E-state index contributed by atoms with van der Waals surface area (Å²) in [7, 11) is -3.03. The minimum Gasteiger partial charge on any atom is -0.481 e. The highest BCUT2D eigenvalue weighted by Gasteiger charge is 2.25. The molecule has 20 heavy (non-hydrogen) atoms. The number of carboxylic acids is 1. The van der Waals surface area contributed by atoms with Gasteiger partial charge in [-0.1, -0.05) is 6.92 Å². The van der Waals surface area contributed by atoms with Crippen molar-refractivity contribution in [2.24, 2.45) is 5.92 Å². The number of carbonyl (C=O) groups excluding carboxylic acids is 1. The minimum absolute atomic E-state index is 0.00497. The highest BCUT2D eigenvalue weighted by atomic mass is 32.2. The first kappa shape index (κ1) is 16.9. The molecule has 0 spiro atoms. The molecule has 0 radical (unpaired) electrons. The third kappa shape index (κ3) is 6.85. The molecule has 0 aromatic carbocycles. The maximum Gasteiger partial charge on any atom is 0.303 e. The number of carboxylic acid groups (broad SMARTS) is 1. The van der Waals surface area contributed by atoms with Gasteiger partial charge in [0.2, 0.25) is 5.91 Å². The second-order valence-corrected chi connectivity index (χ2v) is 7.54. The molecule has 1 fully saturated rings. The standard InChI is InChI=1S/C12H22N2O5S/c1-9(2-3-12(16)17)7-14-11(15)6-10-8-20(18,19)5-4-13-10/h9-10,13H,2-8H2,1H3,(H,14,15)(H,16,17). The summed E-state index contributed by atoms with van der Waals surface area (Å²) in [6, 6.07) is -0.330. The lowest BCUT2D eigenvalue weighted by molar-refractivity contribution is -0.137. The largest absolute Gasteiger partial charge is 0.481 e. The van der Waals surface area contributed by atoms with E-state index >= 15 is 0 Å². The van der Waals surface area contributed by atoms with E-state index in [4.69, 9.17) is 5.11 Å². The Balaban J connectivity index is 2.24. The summed E-state index contributed by atoms with van der Waals surface area (Å²) in [6.45, 7) is 2.66. The van der Waals surface area contributed by atoms with Gasteiger partial charge in [-0.25, -0.2) is 8.42 Å². The minimum atomic E-state index is -3.03. The maximum absolute atomic E-state index is 11.7. The number of carbonyl (C=O) groups is 2. The fraction of sp³-hybridized carbons (Fsp3) is 0.833. The topological polar surface area (TPSA) is 113 Å². The Labute approximate surface area is 119 Å². The van der Waals surface area contributed by atoms with Crippen molar-refractivity contribution in [3.8, 4) is 0 Å². The number of hydrogen-bond acceptors (Lipinski definition) is 5. The highest BCUT2D eigenvalue weighted by Crippen LogP contribution is 2.06. The lowest BCUT2D eigenvalue weighted by atomic mass is 10.1. The van der Waals surface area contributed by atoms with E-state index in [0.717, 1.165) is 0 Å². The molecule has 1 heterocycles. The molecule has 0 aliphatic carbocycles. The van der Waals surface area contributed by atoms with E-state index in [1.807, 2.05) is 6.92 Å². The summed E-state index contributed by atoms with van der Waals surface area (Å²) in [6.07, 6.45) is 0.718. The van der Waals surface area contributed by atoms with Crippen LogP contribution in [0.4, 0.5) is 0 Å². The van der Waals surface area contributed by atoms with Gasteiger partial charge in [0.1, 0.15) is 0 Å². The smallest absolute Gasteiger partial charge is 0.303 e. The average molecular weight is 306 g/mol. The first-order valence-electron chi connectivity index (χ1n) is 6.71. The van der Waals surface area contributed by atoms with Crippen LogP contribution in [0.5, 0.6) is 0 Å². The lowest BCUT2D eigenvalue weighted by Crippen LogP contribution is -2.47. The van der Waals surface area contributed by atoms with E-state index in [-0.39, 0.29) is 42.2 Å². The Bertz CT molecular complexity index is 449. The number of rotatable bonds is 7. The molecule has 2 unspecified atom stereocenters. The van der Waals surface area contributed by atoms with Gasteiger partial charge in [0, 0.05) is 32.0 Å². The van der Waals surface area contributed by atoms with Crippen molar-refractivity contribution in [3.05, 3.63) is 0 Å². The molecule has 1 aliphatic heterocycles. The molecule has 0 saturated carbocycles. The molecule has 3 N–H and O–H groups in total. The Morgan fingerprint density at radius 3 is 2.75 bits per heavy atom. The van der Waals surface area contributed by atoms with E-state index in [1.165, 1.54) is 0 Å². The Kier molecular flexibility index (Phi) is 6.41. The van der Waals surface area contributed by atoms with Gasteiger partial charge < -0.3 is 15.7 Å². The molecule has 0 aromatic heterocycles. The molecule has 2 atom stereocenters. The molecule has 0 aromatic rings. The Morgan fingerprint density at radius 1 is 1.45 bits per heavy atom. The molecule has 8 heteroatoms. The number of hydrogen-bond donors (Lipinski definition) is 3. The van der Waals surface area contributed by atoms with Gasteiger partial charge in [-0.2, -0.15) is 0 Å². The zero-order valence-electron chi connectivity index (χ0n) is 11.6. The van der Waals surface area contributed by atoms with Crippen molar-refractivity contribution in [2.75, 3.05) is 24.6 Å². The summed E-state index contributed by atoms with van der Waals surface area (Å²) in [5, 5.41) is 14.3. The third-order valence-electron chi connectivity index (χ3n) is 3.23. The lowest BCUT2D eigenvalue weighted by Gasteiger charge is -2.23. The van der Waals surface area contributed by atoms with Crippen molar-refractivity contribution < 1.29 is 23.1 Å². The molecule has 1 aliphatic rings. The van der Waals surface area contributed by atoms with Gasteiger partial charge in [0.15, 0.2) is 9.84 Å². The summed E-state index contributed by atoms with van der Waals surface area (Å²) in [4.78, 5) is 22.1. The highest BCUT2D eigenvalue weighted by molar-refractivity contribution is 7.91. The molecular weight excluding hydrogens is 284 g/mol. The van der Waals surface area contributed by atoms with Crippen LogP contribution in [-0.4, -0.2) is 56.0 Å². The normalized spacial score (nSPS) is 22.9. The molecule has 1 rings (SSSR count). The third-order valence-corrected chi connectivity index (χ3v) is 4.97. The molecule has 1 saturated heterocycles. The van der Waals surface area contributed by atoms with Crippen LogP contribution in [0.3, 0.4) is 0 Å². The first-order chi connectivity index (χ1) is 9.28. The van der Waals surface area contributed by atoms with Crippen molar-refractivity contribution in [2.45, 2.75) is 32.2 Å². The quantitative estimate of drug-likeness (QED) is 0.578. The van der Waals surface area contributed by atoms with Crippen LogP contribution < -0.4 is 10.6 Å². The van der Waals surface area contributed by atoms with E-state index in [1.54, 1.807) is 0 Å². The predicted octanol–water partition coefficient (Wildman–Crippen LogP) is -0.620. The van der Waals surface area contributed by atoms with Crippen molar-refractivity contribution in [3.63, 3.8) is 0 Å². The van der Waals surface area contributed by atoms with Gasteiger partial charge in [0.05, 0.1) is 11.5 Å². The predicted molar refractivity (Wildman–Crippen MR) is 74.1 cm³/mol. The van der Waals surface area contributed by atoms with Crippen LogP contribution in [0.2, 0.25) is 0 Å². The zero-order valence-corrected chi connectivity index (χ0v) is 12.4. The van der Waals surface area contributed by atoms with Gasteiger partial charge in [-0.15, -0.1) is 0 Å². The van der Waals surface area contributed by atoms with Crippen LogP contribution in [0.1, 0.15) is 26.2 Å². The van der Waals surface area contributed by atoms with E-state index in [2.05, 4.69) is 10.6 Å². The van der Waals surface area contributed by atoms with Gasteiger partial charge in [-0.05, 0) is 12.3 Å².